The Morgan fingerprint density at radius 1 is 0.900 bits per heavy atom. The number of hydrogen-bond acceptors (Lipinski definition) is 5. The van der Waals surface area contributed by atoms with Crippen LogP contribution in [0.3, 0.4) is 0 Å². The number of hydrogen-bond donors (Lipinski definition) is 1. The number of carbonyl (C=O) groups is 1. The molecule has 1 aromatic heterocycles. The first-order valence-corrected chi connectivity index (χ1v) is 9.93. The second-order valence-corrected chi connectivity index (χ2v) is 6.45. The largest absolute Gasteiger partial charge is 0.494 e. The summed E-state index contributed by atoms with van der Waals surface area (Å²) in [5.74, 6) is 1.29. The van der Waals surface area contributed by atoms with Crippen LogP contribution in [0.2, 0.25) is 0 Å². The predicted molar refractivity (Wildman–Crippen MR) is 115 cm³/mol. The van der Waals surface area contributed by atoms with Crippen LogP contribution < -0.4 is 20.3 Å². The fourth-order valence-electron chi connectivity index (χ4n) is 2.90. The van der Waals surface area contributed by atoms with Crippen LogP contribution in [0.15, 0.2) is 65.5 Å². The van der Waals surface area contributed by atoms with E-state index in [-0.39, 0.29) is 24.6 Å². The van der Waals surface area contributed by atoms with Gasteiger partial charge in [-0.05, 0) is 68.4 Å². The van der Waals surface area contributed by atoms with E-state index in [0.717, 1.165) is 17.1 Å². The van der Waals surface area contributed by atoms with E-state index in [1.54, 1.807) is 30.3 Å². The van der Waals surface area contributed by atoms with Crippen molar-refractivity contribution in [3.05, 3.63) is 76.6 Å². The average molecular weight is 407 g/mol. The molecule has 1 amide bonds. The van der Waals surface area contributed by atoms with Gasteiger partial charge in [0.25, 0.3) is 11.5 Å². The molecule has 3 rings (SSSR count). The van der Waals surface area contributed by atoms with Crippen LogP contribution >= 0.6 is 0 Å². The monoisotopic (exact) mass is 407 g/mol. The molecule has 7 nitrogen and oxygen atoms in total. The molecule has 3 aromatic rings. The van der Waals surface area contributed by atoms with Gasteiger partial charge in [0.2, 0.25) is 0 Å². The molecule has 0 spiro atoms. The number of amides is 1. The van der Waals surface area contributed by atoms with Crippen LogP contribution in [0, 0.1) is 0 Å². The summed E-state index contributed by atoms with van der Waals surface area (Å²) in [6.45, 7) is 5.56. The number of ether oxygens (including phenoxy) is 2. The van der Waals surface area contributed by atoms with E-state index < -0.39 is 0 Å². The molecule has 1 N–H and O–H groups in total. The van der Waals surface area contributed by atoms with Gasteiger partial charge in [0, 0.05) is 23.7 Å². The predicted octanol–water partition coefficient (Wildman–Crippen LogP) is 3.14. The molecule has 7 heteroatoms. The lowest BCUT2D eigenvalue weighted by molar-refractivity contribution is 0.0951. The topological polar surface area (TPSA) is 82.4 Å². The summed E-state index contributed by atoms with van der Waals surface area (Å²) < 4.78 is 12.2. The molecule has 0 aliphatic heterocycles. The summed E-state index contributed by atoms with van der Waals surface area (Å²) in [7, 11) is 0. The smallest absolute Gasteiger partial charge is 0.266 e. The summed E-state index contributed by atoms with van der Waals surface area (Å²) in [6.07, 6.45) is 0. The summed E-state index contributed by atoms with van der Waals surface area (Å²) >= 11 is 0. The third kappa shape index (κ3) is 5.47. The van der Waals surface area contributed by atoms with Crippen molar-refractivity contribution in [3.63, 3.8) is 0 Å². The minimum Gasteiger partial charge on any atom is -0.494 e. The molecule has 0 aliphatic carbocycles. The number of benzene rings is 2. The molecule has 0 unspecified atom stereocenters. The quantitative estimate of drug-likeness (QED) is 0.589. The van der Waals surface area contributed by atoms with Gasteiger partial charge in [-0.25, -0.2) is 4.68 Å². The maximum Gasteiger partial charge on any atom is 0.266 e. The van der Waals surface area contributed by atoms with Crippen molar-refractivity contribution in [2.24, 2.45) is 0 Å². The highest BCUT2D eigenvalue weighted by Gasteiger charge is 2.07. The van der Waals surface area contributed by atoms with Gasteiger partial charge in [-0.1, -0.05) is 0 Å². The second-order valence-electron chi connectivity index (χ2n) is 6.45. The molecule has 0 aliphatic rings. The molecule has 0 bridgehead atoms. The molecular formula is C23H25N3O4. The van der Waals surface area contributed by atoms with Crippen molar-refractivity contribution in [1.82, 2.24) is 15.1 Å². The Labute approximate surface area is 175 Å². The maximum atomic E-state index is 12.3. The third-order valence-corrected chi connectivity index (χ3v) is 4.36. The van der Waals surface area contributed by atoms with Gasteiger partial charge in [-0.15, -0.1) is 0 Å². The Morgan fingerprint density at radius 3 is 2.10 bits per heavy atom. The van der Waals surface area contributed by atoms with Crippen LogP contribution in [-0.4, -0.2) is 35.4 Å². The van der Waals surface area contributed by atoms with E-state index in [2.05, 4.69) is 10.4 Å². The summed E-state index contributed by atoms with van der Waals surface area (Å²) in [6, 6.07) is 17.6. The molecular weight excluding hydrogens is 382 g/mol. The number of rotatable bonds is 9. The van der Waals surface area contributed by atoms with Crippen LogP contribution in [0.1, 0.15) is 24.2 Å². The number of aromatic nitrogens is 2. The van der Waals surface area contributed by atoms with Crippen LogP contribution in [0.4, 0.5) is 0 Å². The van der Waals surface area contributed by atoms with Crippen molar-refractivity contribution in [1.29, 1.82) is 0 Å². The molecule has 0 radical (unpaired) electrons. The van der Waals surface area contributed by atoms with Gasteiger partial charge in [-0.2, -0.15) is 5.10 Å². The lowest BCUT2D eigenvalue weighted by atomic mass is 10.1. The third-order valence-electron chi connectivity index (χ3n) is 4.36. The SMILES string of the molecule is CCOc1ccc(C(=O)NCCn2nc(-c3ccc(OCC)cc3)ccc2=O)cc1. The number of carbonyl (C=O) groups excluding carboxylic acids is 1. The molecule has 0 saturated carbocycles. The molecule has 2 aromatic carbocycles. The Morgan fingerprint density at radius 2 is 1.50 bits per heavy atom. The Hall–Kier alpha value is -3.61. The minimum absolute atomic E-state index is 0.214. The molecule has 1 heterocycles. The van der Waals surface area contributed by atoms with Gasteiger partial charge in [-0.3, -0.25) is 9.59 Å². The van der Waals surface area contributed by atoms with Gasteiger partial charge in [0.15, 0.2) is 0 Å². The van der Waals surface area contributed by atoms with Crippen LogP contribution in [0.5, 0.6) is 11.5 Å². The van der Waals surface area contributed by atoms with Gasteiger partial charge in [0.05, 0.1) is 25.5 Å². The van der Waals surface area contributed by atoms with Crippen molar-refractivity contribution in [2.75, 3.05) is 19.8 Å². The van der Waals surface area contributed by atoms with E-state index in [1.165, 1.54) is 10.7 Å². The molecule has 156 valence electrons. The van der Waals surface area contributed by atoms with Gasteiger partial charge in [0.1, 0.15) is 11.5 Å². The van der Waals surface area contributed by atoms with Crippen molar-refractivity contribution >= 4 is 5.91 Å². The highest BCUT2D eigenvalue weighted by atomic mass is 16.5. The van der Waals surface area contributed by atoms with Crippen molar-refractivity contribution < 1.29 is 14.3 Å². The first-order chi connectivity index (χ1) is 14.6. The first-order valence-electron chi connectivity index (χ1n) is 9.93. The Balaban J connectivity index is 1.61. The van der Waals surface area contributed by atoms with Crippen molar-refractivity contribution in [3.8, 4) is 22.8 Å². The first kappa shape index (κ1) is 21.1. The fourth-order valence-corrected chi connectivity index (χ4v) is 2.90. The highest BCUT2D eigenvalue weighted by Crippen LogP contribution is 2.19. The van der Waals surface area contributed by atoms with Crippen LogP contribution in [-0.2, 0) is 6.54 Å². The number of nitrogens with one attached hydrogen (secondary N) is 1. The second kappa shape index (κ2) is 10.2. The minimum atomic E-state index is -0.222. The molecule has 0 fully saturated rings. The molecule has 0 atom stereocenters. The van der Waals surface area contributed by atoms with E-state index in [0.29, 0.717) is 24.5 Å². The molecule has 0 saturated heterocycles. The Kier molecular flexibility index (Phi) is 7.21. The summed E-state index contributed by atoms with van der Waals surface area (Å²) in [4.78, 5) is 24.4. The van der Waals surface area contributed by atoms with Gasteiger partial charge >= 0.3 is 0 Å². The van der Waals surface area contributed by atoms with E-state index in [9.17, 15) is 9.59 Å². The fraction of sp³-hybridized carbons (Fsp3) is 0.261. The normalized spacial score (nSPS) is 10.5. The zero-order valence-corrected chi connectivity index (χ0v) is 17.1. The molecule has 30 heavy (non-hydrogen) atoms. The number of nitrogens with zero attached hydrogens (tertiary/aromatic N) is 2. The zero-order valence-electron chi connectivity index (χ0n) is 17.1. The summed E-state index contributed by atoms with van der Waals surface area (Å²) in [5.41, 5.74) is 1.86. The average Bonchev–Trinajstić information content (AvgIpc) is 2.76. The van der Waals surface area contributed by atoms with E-state index in [1.807, 2.05) is 38.1 Å². The standard InChI is InChI=1S/C23H25N3O4/c1-3-29-19-9-5-17(6-10-19)21-13-14-22(27)26(25-21)16-15-24-23(28)18-7-11-20(12-8-18)30-4-2/h5-14H,3-4,15-16H2,1-2H3,(H,24,28). The summed E-state index contributed by atoms with van der Waals surface area (Å²) in [5, 5.41) is 7.23. The lowest BCUT2D eigenvalue weighted by Gasteiger charge is -2.10. The van der Waals surface area contributed by atoms with Gasteiger partial charge < -0.3 is 14.8 Å². The lowest BCUT2D eigenvalue weighted by Crippen LogP contribution is -2.31. The Bertz CT molecular complexity index is 1030. The van der Waals surface area contributed by atoms with E-state index >= 15 is 0 Å². The van der Waals surface area contributed by atoms with Crippen molar-refractivity contribution in [2.45, 2.75) is 20.4 Å². The van der Waals surface area contributed by atoms with E-state index in [4.69, 9.17) is 9.47 Å². The maximum absolute atomic E-state index is 12.3. The highest BCUT2D eigenvalue weighted by molar-refractivity contribution is 5.94. The van der Waals surface area contributed by atoms with Crippen LogP contribution in [0.25, 0.3) is 11.3 Å². The zero-order chi connectivity index (χ0) is 21.3.